The fourth-order valence-corrected chi connectivity index (χ4v) is 13.0. The Morgan fingerprint density at radius 3 is 2.21 bits per heavy atom. The minimum absolute atomic E-state index is 0. The van der Waals surface area contributed by atoms with Crippen molar-refractivity contribution in [3.05, 3.63) is 114 Å². The first-order valence-corrected chi connectivity index (χ1v) is 31.1. The van der Waals surface area contributed by atoms with Crippen LogP contribution in [-0.4, -0.2) is 184 Å². The first-order chi connectivity index (χ1) is 42.0. The third-order valence-corrected chi connectivity index (χ3v) is 18.2. The van der Waals surface area contributed by atoms with Crippen LogP contribution in [0.3, 0.4) is 0 Å². The molecule has 474 valence electrons. The summed E-state index contributed by atoms with van der Waals surface area (Å²) in [5.74, 6) is -1.53. The van der Waals surface area contributed by atoms with E-state index in [0.29, 0.717) is 44.6 Å². The van der Waals surface area contributed by atoms with Crippen molar-refractivity contribution < 1.29 is 57.1 Å². The van der Waals surface area contributed by atoms with E-state index in [0.717, 1.165) is 90.0 Å². The number of nitrogens with one attached hydrogen (secondary N) is 3. The van der Waals surface area contributed by atoms with Crippen LogP contribution < -0.4 is 21.7 Å². The molecule has 3 atom stereocenters. The van der Waals surface area contributed by atoms with Crippen LogP contribution in [0.1, 0.15) is 66.7 Å². The van der Waals surface area contributed by atoms with Gasteiger partial charge in [0.15, 0.2) is 4.83 Å². The van der Waals surface area contributed by atoms with Gasteiger partial charge in [-0.25, -0.2) is 4.98 Å². The Balaban J connectivity index is 0.000000329. The summed E-state index contributed by atoms with van der Waals surface area (Å²) < 4.78 is 63.2. The summed E-state index contributed by atoms with van der Waals surface area (Å²) in [6.45, 7) is 11.3. The minimum atomic E-state index is -4.52. The normalized spacial score (nSPS) is 16.9. The summed E-state index contributed by atoms with van der Waals surface area (Å²) in [7, 11) is 3.68. The zero-order valence-electron chi connectivity index (χ0n) is 49.6. The number of hydrogen-bond acceptors (Lipinski definition) is 15. The Labute approximate surface area is 518 Å². The lowest BCUT2D eigenvalue weighted by atomic mass is 9.88. The van der Waals surface area contributed by atoms with E-state index in [1.54, 1.807) is 54.7 Å². The van der Waals surface area contributed by atoms with Gasteiger partial charge in [0.05, 0.1) is 77.7 Å². The van der Waals surface area contributed by atoms with E-state index in [9.17, 15) is 37.1 Å². The third kappa shape index (κ3) is 16.8. The molecule has 0 radical (unpaired) electrons. The van der Waals surface area contributed by atoms with Crippen molar-refractivity contribution >= 4 is 78.9 Å². The number of aromatic nitrogens is 4. The topological polar surface area (TPSA) is 224 Å². The van der Waals surface area contributed by atoms with Crippen LogP contribution in [0.5, 0.6) is 0 Å². The van der Waals surface area contributed by atoms with E-state index < -0.39 is 35.6 Å². The number of halogens is 3. The number of amides is 5. The van der Waals surface area contributed by atoms with Gasteiger partial charge in [-0.05, 0) is 112 Å². The smallest absolute Gasteiger partial charge is 0.377 e. The molecule has 5 amide bonds. The first kappa shape index (κ1) is 64.4. The number of piperazine rings is 1. The molecule has 7 aromatic rings. The zero-order chi connectivity index (χ0) is 61.6. The molecular weight excluding hydrogens is 1160 g/mol. The highest BCUT2D eigenvalue weighted by Gasteiger charge is 2.41. The summed E-state index contributed by atoms with van der Waals surface area (Å²) in [4.78, 5) is 82.3. The molecule has 5 N–H and O–H groups in total. The number of fused-ring (bicyclic) bond motifs is 2. The lowest BCUT2D eigenvalue weighted by Gasteiger charge is -2.38. The Hall–Kier alpha value is -7.10. The van der Waals surface area contributed by atoms with Gasteiger partial charge < -0.3 is 50.6 Å². The van der Waals surface area contributed by atoms with E-state index in [2.05, 4.69) is 48.8 Å². The standard InChI is InChI=1S/C35H49N7O7S.C27H28F3N5OS.4H2/c1-24(37-2)34(45)39-32(26-11-15-40(16-12-26)30(44)23-49-20-18-47-17-19-48-22-29(36)43)35(46)41-14-6-9-27(41)21-42-33-28(50-42)10-13-38-31(33)25-7-4-3-5-8-25;1-3-34-11-13-35(14-12-34)17-20-7-8-21(16-22(20)27(28,29)30)31-25(36)19-6-4-5-18(15-19)23-9-10-24-26(32-23)37-33(24)2;;;;/h3-5,7-8,10,13,24,26-27,32,37H,6,9,11-12,14-23H2,1-2H3,(H2,36,43)(H,39,45);4-10,15-16H,3,11-14,17H2,1-2H3,(H,31,36);4*1H/t24-,27-,32-;;;;;/m0...../s1. The van der Waals surface area contributed by atoms with Gasteiger partial charge in [-0.3, -0.25) is 41.8 Å². The second-order valence-electron chi connectivity index (χ2n) is 22.0. The quantitative estimate of drug-likeness (QED) is 0.0419. The summed E-state index contributed by atoms with van der Waals surface area (Å²) in [6, 6.07) is 25.9. The molecular formula is C62H85F3N12O8S2. The Bertz CT molecular complexity index is 3470. The number of likely N-dealkylation sites (N-methyl/N-ethyl adjacent to an activating group) is 2. The lowest BCUT2D eigenvalue weighted by molar-refractivity contribution is -0.142. The number of benzene rings is 3. The highest BCUT2D eigenvalue weighted by Crippen LogP contribution is 2.37. The SMILES string of the molecule is CCN1CCN(Cc2ccc(NC(=O)c3cccc(-c4ccc5c(n4)sn5C)c3)cc2C(F)(F)F)CC1.CN[C@@H](C)C(=O)N[C@H](C(=O)N1CCC[C@H]1Cn1sc2ccnc(-c3ccccc3)c21)C1CCN(C(=O)COCCOCCOCC(N)=O)CC1.[HH].[HH].[HH].[HH]. The fourth-order valence-electron chi connectivity index (χ4n) is 11.2. The molecule has 3 aliphatic heterocycles. The van der Waals surface area contributed by atoms with Crippen LogP contribution in [0.25, 0.3) is 43.1 Å². The maximum absolute atomic E-state index is 14.4. The second-order valence-corrected chi connectivity index (χ2v) is 24.2. The van der Waals surface area contributed by atoms with E-state index >= 15 is 0 Å². The van der Waals surface area contributed by atoms with Crippen molar-refractivity contribution in [3.63, 3.8) is 0 Å². The number of carbonyl (C=O) groups is 5. The molecule has 3 fully saturated rings. The monoisotopic (exact) mass is 1250 g/mol. The number of primary amides is 1. The maximum Gasteiger partial charge on any atom is 0.416 e. The van der Waals surface area contributed by atoms with Crippen LogP contribution in [0.4, 0.5) is 18.9 Å². The van der Waals surface area contributed by atoms with Crippen molar-refractivity contribution in [1.82, 2.24) is 48.1 Å². The Kier molecular flexibility index (Phi) is 22.4. The maximum atomic E-state index is 14.4. The number of likely N-dealkylation sites (tertiary alicyclic amines) is 2. The number of rotatable bonds is 24. The molecule has 3 aliphatic rings. The molecule has 0 unspecified atom stereocenters. The number of hydrogen-bond donors (Lipinski definition) is 4. The van der Waals surface area contributed by atoms with E-state index in [1.807, 2.05) is 69.5 Å². The molecule has 0 spiro atoms. The largest absolute Gasteiger partial charge is 0.416 e. The molecule has 25 heteroatoms. The minimum Gasteiger partial charge on any atom is -0.377 e. The lowest BCUT2D eigenvalue weighted by Crippen LogP contribution is -2.58. The van der Waals surface area contributed by atoms with E-state index in [4.69, 9.17) is 24.9 Å². The summed E-state index contributed by atoms with van der Waals surface area (Å²) >= 11 is 3.22. The van der Waals surface area contributed by atoms with Gasteiger partial charge in [0, 0.05) is 93.7 Å². The predicted molar refractivity (Wildman–Crippen MR) is 338 cm³/mol. The van der Waals surface area contributed by atoms with Crippen LogP contribution in [0, 0.1) is 5.92 Å². The second kappa shape index (κ2) is 30.2. The number of pyridine rings is 2. The Morgan fingerprint density at radius 2 is 1.52 bits per heavy atom. The van der Waals surface area contributed by atoms with Crippen LogP contribution in [0.2, 0.25) is 0 Å². The van der Waals surface area contributed by atoms with E-state index in [-0.39, 0.29) is 92.8 Å². The van der Waals surface area contributed by atoms with Gasteiger partial charge in [0.25, 0.3) is 5.91 Å². The van der Waals surface area contributed by atoms with Crippen molar-refractivity contribution in [3.8, 4) is 22.5 Å². The van der Waals surface area contributed by atoms with Crippen molar-refractivity contribution in [2.75, 3.05) is 104 Å². The van der Waals surface area contributed by atoms with Gasteiger partial charge in [-0.1, -0.05) is 67.0 Å². The molecule has 20 nitrogen and oxygen atoms in total. The molecule has 3 saturated heterocycles. The number of piperidine rings is 1. The highest BCUT2D eigenvalue weighted by atomic mass is 32.1. The molecule has 0 bridgehead atoms. The zero-order valence-corrected chi connectivity index (χ0v) is 51.2. The molecule has 0 saturated carbocycles. The molecule has 87 heavy (non-hydrogen) atoms. The van der Waals surface area contributed by atoms with E-state index in [1.165, 1.54) is 22.3 Å². The number of nitrogens with zero attached hydrogens (tertiary/aromatic N) is 8. The van der Waals surface area contributed by atoms with Gasteiger partial charge in [-0.2, -0.15) is 13.2 Å². The van der Waals surface area contributed by atoms with Gasteiger partial charge in [0.1, 0.15) is 19.3 Å². The third-order valence-electron chi connectivity index (χ3n) is 16.2. The number of ether oxygens (including phenoxy) is 3. The van der Waals surface area contributed by atoms with Crippen LogP contribution in [-0.2, 0) is 59.7 Å². The van der Waals surface area contributed by atoms with Crippen LogP contribution >= 0.6 is 23.1 Å². The number of alkyl halides is 3. The number of nitrogens with two attached hydrogens (primary N) is 1. The van der Waals surface area contributed by atoms with Crippen molar-refractivity contribution in [2.45, 2.75) is 76.9 Å². The molecule has 10 rings (SSSR count). The predicted octanol–water partition coefficient (Wildman–Crippen LogP) is 8.32. The highest BCUT2D eigenvalue weighted by molar-refractivity contribution is 7.16. The summed E-state index contributed by atoms with van der Waals surface area (Å²) in [6.07, 6.45) is 0.278. The van der Waals surface area contributed by atoms with Crippen molar-refractivity contribution in [2.24, 2.45) is 18.7 Å². The molecule has 4 aromatic heterocycles. The summed E-state index contributed by atoms with van der Waals surface area (Å²) in [5, 5.41) is 8.70. The number of carbonyl (C=O) groups excluding carboxylic acids is 5. The summed E-state index contributed by atoms with van der Waals surface area (Å²) in [5.41, 5.74) is 10.6. The molecule has 3 aromatic carbocycles. The first-order valence-electron chi connectivity index (χ1n) is 29.5. The number of anilines is 1. The molecule has 7 heterocycles. The fraction of sp³-hybridized carbons (Fsp3) is 0.468. The molecule has 0 aliphatic carbocycles. The average molecular weight is 1250 g/mol. The Morgan fingerprint density at radius 1 is 0.805 bits per heavy atom. The van der Waals surface area contributed by atoms with Gasteiger partial charge >= 0.3 is 6.18 Å². The van der Waals surface area contributed by atoms with Gasteiger partial charge in [-0.15, -0.1) is 0 Å². The van der Waals surface area contributed by atoms with Gasteiger partial charge in [0.2, 0.25) is 23.6 Å². The number of aryl methyl sites for hydroxylation is 1. The van der Waals surface area contributed by atoms with Crippen LogP contribution in [0.15, 0.2) is 97.2 Å². The average Bonchev–Trinajstić information content (AvgIpc) is 2.33. The van der Waals surface area contributed by atoms with Crippen molar-refractivity contribution in [1.29, 1.82) is 0 Å².